The average Bonchev–Trinajstić information content (AvgIpc) is 2.43. The average molecular weight is 277 g/mol. The van der Waals surface area contributed by atoms with Crippen molar-refractivity contribution in [2.24, 2.45) is 5.10 Å². The minimum absolute atomic E-state index is 0.103. The Morgan fingerprint density at radius 1 is 1.45 bits per heavy atom. The molecule has 8 heteroatoms. The molecule has 0 aliphatic rings. The summed E-state index contributed by atoms with van der Waals surface area (Å²) in [5.74, 6) is -0.227. The highest BCUT2D eigenvalue weighted by Crippen LogP contribution is 2.16. The number of hydrogen-bond acceptors (Lipinski definition) is 6. The van der Waals surface area contributed by atoms with Crippen LogP contribution in [0.4, 0.5) is 10.3 Å². The highest BCUT2D eigenvalue weighted by molar-refractivity contribution is 5.80. The molecule has 0 bridgehead atoms. The van der Waals surface area contributed by atoms with Crippen LogP contribution in [-0.4, -0.2) is 28.5 Å². The number of hydrogen-bond donors (Lipinski definition) is 2. The topological polar surface area (TPSA) is 92.3 Å². The lowest BCUT2D eigenvalue weighted by molar-refractivity contribution is 0.386. The van der Waals surface area contributed by atoms with Crippen molar-refractivity contribution < 1.29 is 9.13 Å². The summed E-state index contributed by atoms with van der Waals surface area (Å²) in [5, 5.41) is 11.1. The monoisotopic (exact) mass is 277 g/mol. The minimum atomic E-state index is -0.486. The van der Waals surface area contributed by atoms with Crippen LogP contribution < -0.4 is 15.7 Å². The summed E-state index contributed by atoms with van der Waals surface area (Å²) in [4.78, 5) is 13.7. The fourth-order valence-electron chi connectivity index (χ4n) is 1.37. The van der Waals surface area contributed by atoms with Gasteiger partial charge in [-0.1, -0.05) is 0 Å². The number of methoxy groups -OCH3 is 1. The Labute approximate surface area is 113 Å². The third-order valence-electron chi connectivity index (χ3n) is 2.42. The fraction of sp³-hybridized carbons (Fsp3) is 0.167. The first-order valence-corrected chi connectivity index (χ1v) is 5.66. The SMILES string of the molecule is COc1ccc(/C=N\Nc2nnc(C)c(=O)[nH]2)cc1F. The van der Waals surface area contributed by atoms with Gasteiger partial charge in [0.1, 0.15) is 5.69 Å². The number of benzene rings is 1. The maximum Gasteiger partial charge on any atom is 0.274 e. The van der Waals surface area contributed by atoms with Crippen molar-refractivity contribution in [3.63, 3.8) is 0 Å². The fourth-order valence-corrected chi connectivity index (χ4v) is 1.37. The minimum Gasteiger partial charge on any atom is -0.494 e. The Kier molecular flexibility index (Phi) is 4.04. The van der Waals surface area contributed by atoms with E-state index in [9.17, 15) is 9.18 Å². The van der Waals surface area contributed by atoms with Crippen LogP contribution in [-0.2, 0) is 0 Å². The third-order valence-corrected chi connectivity index (χ3v) is 2.42. The summed E-state index contributed by atoms with van der Waals surface area (Å²) in [7, 11) is 1.39. The van der Waals surface area contributed by atoms with Gasteiger partial charge in [0.25, 0.3) is 5.56 Å². The van der Waals surface area contributed by atoms with Gasteiger partial charge in [0, 0.05) is 0 Å². The number of H-pyrrole nitrogens is 1. The van der Waals surface area contributed by atoms with E-state index >= 15 is 0 Å². The predicted molar refractivity (Wildman–Crippen MR) is 71.6 cm³/mol. The molecule has 0 fully saturated rings. The zero-order chi connectivity index (χ0) is 14.5. The predicted octanol–water partition coefficient (Wildman–Crippen LogP) is 1.07. The van der Waals surface area contributed by atoms with Gasteiger partial charge in [0.2, 0.25) is 5.95 Å². The second kappa shape index (κ2) is 5.91. The van der Waals surface area contributed by atoms with Crippen molar-refractivity contribution >= 4 is 12.2 Å². The molecule has 2 aromatic rings. The van der Waals surface area contributed by atoms with Crippen molar-refractivity contribution in [1.82, 2.24) is 15.2 Å². The zero-order valence-corrected chi connectivity index (χ0v) is 10.8. The molecule has 1 heterocycles. The molecule has 0 aliphatic carbocycles. The van der Waals surface area contributed by atoms with Crippen molar-refractivity contribution in [2.75, 3.05) is 12.5 Å². The highest BCUT2D eigenvalue weighted by Gasteiger charge is 2.02. The molecule has 0 saturated carbocycles. The van der Waals surface area contributed by atoms with Crippen LogP contribution in [0.1, 0.15) is 11.3 Å². The van der Waals surface area contributed by atoms with Crippen molar-refractivity contribution in [1.29, 1.82) is 0 Å². The molecule has 0 amide bonds. The first kappa shape index (κ1) is 13.7. The maximum absolute atomic E-state index is 13.4. The van der Waals surface area contributed by atoms with Crippen LogP contribution in [0.25, 0.3) is 0 Å². The summed E-state index contributed by atoms with van der Waals surface area (Å²) in [6.45, 7) is 1.54. The van der Waals surface area contributed by atoms with E-state index in [0.717, 1.165) is 0 Å². The van der Waals surface area contributed by atoms with E-state index in [4.69, 9.17) is 4.74 Å². The lowest BCUT2D eigenvalue weighted by Gasteiger charge is -2.02. The van der Waals surface area contributed by atoms with Crippen molar-refractivity contribution in [3.8, 4) is 5.75 Å². The summed E-state index contributed by atoms with van der Waals surface area (Å²) in [6, 6.07) is 4.40. The van der Waals surface area contributed by atoms with Gasteiger partial charge < -0.3 is 4.74 Å². The van der Waals surface area contributed by atoms with Gasteiger partial charge in [-0.15, -0.1) is 10.2 Å². The highest BCUT2D eigenvalue weighted by atomic mass is 19.1. The number of aromatic amines is 1. The number of rotatable bonds is 4. The molecule has 0 spiro atoms. The van der Waals surface area contributed by atoms with Gasteiger partial charge in [-0.3, -0.25) is 9.78 Å². The van der Waals surface area contributed by atoms with Gasteiger partial charge in [-0.05, 0) is 30.7 Å². The Hall–Kier alpha value is -2.77. The zero-order valence-electron chi connectivity index (χ0n) is 10.8. The molecule has 2 rings (SSSR count). The molecule has 0 aliphatic heterocycles. The van der Waals surface area contributed by atoms with E-state index < -0.39 is 5.82 Å². The first-order chi connectivity index (χ1) is 9.60. The number of nitrogens with one attached hydrogen (secondary N) is 2. The smallest absolute Gasteiger partial charge is 0.274 e. The van der Waals surface area contributed by atoms with Gasteiger partial charge >= 0.3 is 0 Å². The van der Waals surface area contributed by atoms with E-state index in [0.29, 0.717) is 5.56 Å². The van der Waals surface area contributed by atoms with E-state index in [2.05, 4.69) is 25.7 Å². The second-order valence-electron chi connectivity index (χ2n) is 3.85. The van der Waals surface area contributed by atoms with Crippen LogP contribution in [0.15, 0.2) is 28.1 Å². The number of halogens is 1. The quantitative estimate of drug-likeness (QED) is 0.644. The number of anilines is 1. The van der Waals surface area contributed by atoms with Gasteiger partial charge in [-0.2, -0.15) is 5.10 Å². The summed E-state index contributed by atoms with van der Waals surface area (Å²) < 4.78 is 18.2. The molecule has 1 aromatic carbocycles. The van der Waals surface area contributed by atoms with Crippen LogP contribution in [0.2, 0.25) is 0 Å². The molecule has 0 unspecified atom stereocenters. The molecule has 2 N–H and O–H groups in total. The van der Waals surface area contributed by atoms with Crippen LogP contribution >= 0.6 is 0 Å². The third kappa shape index (κ3) is 3.16. The number of nitrogens with zero attached hydrogens (tertiary/aromatic N) is 3. The Morgan fingerprint density at radius 2 is 2.25 bits per heavy atom. The lowest BCUT2D eigenvalue weighted by atomic mass is 10.2. The normalized spacial score (nSPS) is 10.8. The van der Waals surface area contributed by atoms with Crippen molar-refractivity contribution in [3.05, 3.63) is 45.6 Å². The number of aromatic nitrogens is 3. The van der Waals surface area contributed by atoms with Gasteiger partial charge in [0.05, 0.1) is 13.3 Å². The maximum atomic E-state index is 13.4. The Bertz CT molecular complexity index is 698. The molecule has 104 valence electrons. The van der Waals surface area contributed by atoms with E-state index in [1.54, 1.807) is 13.0 Å². The molecule has 0 atom stereocenters. The first-order valence-electron chi connectivity index (χ1n) is 5.66. The molecular formula is C12H12FN5O2. The largest absolute Gasteiger partial charge is 0.494 e. The number of hydrazone groups is 1. The summed E-state index contributed by atoms with van der Waals surface area (Å²) in [5.41, 5.74) is 2.93. The standard InChI is InChI=1S/C12H12FN5O2/c1-7-11(19)15-12(18-16-7)17-14-6-8-3-4-10(20-2)9(13)5-8/h3-6H,1-2H3,(H2,15,17,18,19)/b14-6-. The molecular weight excluding hydrogens is 265 g/mol. The number of aryl methyl sites for hydroxylation is 1. The van der Waals surface area contributed by atoms with Gasteiger partial charge in [-0.25, -0.2) is 9.82 Å². The molecule has 20 heavy (non-hydrogen) atoms. The Morgan fingerprint density at radius 3 is 2.90 bits per heavy atom. The molecule has 0 radical (unpaired) electrons. The molecule has 1 aromatic heterocycles. The Balaban J connectivity index is 2.08. The molecule has 0 saturated heterocycles. The van der Waals surface area contributed by atoms with Crippen LogP contribution in [0.3, 0.4) is 0 Å². The van der Waals surface area contributed by atoms with Gasteiger partial charge in [0.15, 0.2) is 11.6 Å². The van der Waals surface area contributed by atoms with Crippen LogP contribution in [0, 0.1) is 12.7 Å². The van der Waals surface area contributed by atoms with Crippen molar-refractivity contribution in [2.45, 2.75) is 6.92 Å². The summed E-state index contributed by atoms with van der Waals surface area (Å²) in [6.07, 6.45) is 1.38. The second-order valence-corrected chi connectivity index (χ2v) is 3.85. The number of ether oxygens (including phenoxy) is 1. The van der Waals surface area contributed by atoms with Crippen LogP contribution in [0.5, 0.6) is 5.75 Å². The lowest BCUT2D eigenvalue weighted by Crippen LogP contribution is -2.15. The molecule has 7 nitrogen and oxygen atoms in total. The summed E-state index contributed by atoms with van der Waals surface area (Å²) >= 11 is 0. The van der Waals surface area contributed by atoms with E-state index in [1.807, 2.05) is 0 Å². The van der Waals surface area contributed by atoms with E-state index in [1.165, 1.54) is 25.5 Å². The van der Waals surface area contributed by atoms with E-state index in [-0.39, 0.29) is 23.0 Å².